The predicted octanol–water partition coefficient (Wildman–Crippen LogP) is 3.66. The summed E-state index contributed by atoms with van der Waals surface area (Å²) in [6.07, 6.45) is 3.38. The second-order valence-electron chi connectivity index (χ2n) is 4.50. The van der Waals surface area contributed by atoms with E-state index in [0.29, 0.717) is 11.5 Å². The van der Waals surface area contributed by atoms with Gasteiger partial charge < -0.3 is 9.47 Å². The van der Waals surface area contributed by atoms with Gasteiger partial charge >= 0.3 is 11.9 Å². The van der Waals surface area contributed by atoms with Gasteiger partial charge in [0.05, 0.1) is 0 Å². The summed E-state index contributed by atoms with van der Waals surface area (Å²) in [5.74, 6) is 0.0380. The molecule has 1 aromatic carbocycles. The smallest absolute Gasteiger partial charge is 0.311 e. The van der Waals surface area contributed by atoms with Crippen molar-refractivity contribution in [2.24, 2.45) is 0 Å². The minimum absolute atomic E-state index is 0.278. The summed E-state index contributed by atoms with van der Waals surface area (Å²) in [4.78, 5) is 23.0. The van der Waals surface area contributed by atoms with Crippen molar-refractivity contribution < 1.29 is 19.1 Å². The Hall–Kier alpha value is -1.84. The van der Waals surface area contributed by atoms with Gasteiger partial charge in [-0.05, 0) is 24.5 Å². The Bertz CT molecular complexity index is 466. The Balaban J connectivity index is 3.06. The zero-order chi connectivity index (χ0) is 15.0. The topological polar surface area (TPSA) is 52.6 Å². The van der Waals surface area contributed by atoms with Gasteiger partial charge in [-0.15, -0.1) is 0 Å². The van der Waals surface area contributed by atoms with Crippen LogP contribution in [0.4, 0.5) is 0 Å². The maximum Gasteiger partial charge on any atom is 0.311 e. The molecule has 0 saturated carbocycles. The lowest BCUT2D eigenvalue weighted by Crippen LogP contribution is -2.12. The molecule has 0 radical (unpaired) electrons. The minimum Gasteiger partial charge on any atom is -0.423 e. The van der Waals surface area contributed by atoms with Crippen molar-refractivity contribution in [1.29, 1.82) is 0 Å². The van der Waals surface area contributed by atoms with E-state index in [-0.39, 0.29) is 24.8 Å². The molecule has 1 rings (SSSR count). The summed E-state index contributed by atoms with van der Waals surface area (Å²) < 4.78 is 10.6. The summed E-state index contributed by atoms with van der Waals surface area (Å²) >= 11 is 0. The fourth-order valence-electron chi connectivity index (χ4n) is 1.70. The molecule has 0 bridgehead atoms. The first kappa shape index (κ1) is 16.2. The number of unbranched alkanes of at least 4 members (excludes halogenated alkanes) is 1. The number of para-hydroxylation sites is 1. The average molecular weight is 278 g/mol. The van der Waals surface area contributed by atoms with E-state index in [1.54, 1.807) is 19.9 Å². The van der Waals surface area contributed by atoms with Crippen molar-refractivity contribution in [1.82, 2.24) is 0 Å². The lowest BCUT2D eigenvalue weighted by Gasteiger charge is -2.14. The van der Waals surface area contributed by atoms with Crippen LogP contribution in [0.2, 0.25) is 0 Å². The van der Waals surface area contributed by atoms with Crippen molar-refractivity contribution in [2.75, 3.05) is 0 Å². The zero-order valence-corrected chi connectivity index (χ0v) is 12.4. The van der Waals surface area contributed by atoms with Crippen LogP contribution in [0, 0.1) is 0 Å². The van der Waals surface area contributed by atoms with Crippen LogP contribution in [0.5, 0.6) is 11.5 Å². The first-order valence-electron chi connectivity index (χ1n) is 7.15. The van der Waals surface area contributed by atoms with Crippen molar-refractivity contribution in [3.8, 4) is 11.5 Å². The molecule has 0 aliphatic rings. The molecular formula is C16H22O4. The van der Waals surface area contributed by atoms with E-state index in [9.17, 15) is 9.59 Å². The number of carbonyl (C=O) groups is 2. The Kier molecular flexibility index (Phi) is 6.77. The van der Waals surface area contributed by atoms with E-state index in [0.717, 1.165) is 24.8 Å². The second-order valence-corrected chi connectivity index (χ2v) is 4.50. The molecule has 1 aromatic rings. The molecule has 4 nitrogen and oxygen atoms in total. The number of rotatable bonds is 7. The summed E-state index contributed by atoms with van der Waals surface area (Å²) in [5.41, 5.74) is 0.898. The van der Waals surface area contributed by atoms with Crippen LogP contribution in [0.25, 0.3) is 0 Å². The van der Waals surface area contributed by atoms with E-state index in [2.05, 4.69) is 6.92 Å². The van der Waals surface area contributed by atoms with Gasteiger partial charge in [-0.25, -0.2) is 0 Å². The summed E-state index contributed by atoms with van der Waals surface area (Å²) in [5, 5.41) is 0. The molecule has 4 heteroatoms. The van der Waals surface area contributed by atoms with E-state index in [4.69, 9.17) is 9.47 Å². The van der Waals surface area contributed by atoms with Gasteiger partial charge in [0.25, 0.3) is 0 Å². The quantitative estimate of drug-likeness (QED) is 0.564. The molecule has 0 heterocycles. The van der Waals surface area contributed by atoms with E-state index >= 15 is 0 Å². The lowest BCUT2D eigenvalue weighted by molar-refractivity contribution is -0.136. The summed E-state index contributed by atoms with van der Waals surface area (Å²) in [6.45, 7) is 5.55. The Morgan fingerprint density at radius 3 is 2.25 bits per heavy atom. The predicted molar refractivity (Wildman–Crippen MR) is 76.9 cm³/mol. The van der Waals surface area contributed by atoms with Crippen molar-refractivity contribution in [2.45, 2.75) is 52.9 Å². The molecule has 0 saturated heterocycles. The molecular weight excluding hydrogens is 256 g/mol. The molecule has 0 N–H and O–H groups in total. The normalized spacial score (nSPS) is 10.2. The van der Waals surface area contributed by atoms with Gasteiger partial charge in [-0.2, -0.15) is 0 Å². The summed E-state index contributed by atoms with van der Waals surface area (Å²) in [6, 6.07) is 5.37. The molecule has 0 unspecified atom stereocenters. The highest BCUT2D eigenvalue weighted by molar-refractivity contribution is 5.76. The fourth-order valence-corrected chi connectivity index (χ4v) is 1.70. The molecule has 0 aliphatic heterocycles. The van der Waals surface area contributed by atoms with Crippen LogP contribution in [-0.2, 0) is 16.0 Å². The Morgan fingerprint density at radius 1 is 1.00 bits per heavy atom. The van der Waals surface area contributed by atoms with Gasteiger partial charge in [0.15, 0.2) is 11.5 Å². The second kappa shape index (κ2) is 8.35. The highest BCUT2D eigenvalue weighted by Gasteiger charge is 2.16. The van der Waals surface area contributed by atoms with Crippen molar-refractivity contribution in [3.63, 3.8) is 0 Å². The van der Waals surface area contributed by atoms with E-state index in [1.165, 1.54) is 0 Å². The van der Waals surface area contributed by atoms with Crippen LogP contribution >= 0.6 is 0 Å². The summed E-state index contributed by atoms with van der Waals surface area (Å²) in [7, 11) is 0. The Labute approximate surface area is 120 Å². The number of esters is 2. The molecule has 0 amide bonds. The van der Waals surface area contributed by atoms with E-state index in [1.807, 2.05) is 12.1 Å². The number of benzene rings is 1. The van der Waals surface area contributed by atoms with Crippen LogP contribution in [0.15, 0.2) is 18.2 Å². The highest BCUT2D eigenvalue weighted by atomic mass is 16.6. The van der Waals surface area contributed by atoms with Crippen LogP contribution in [0.1, 0.15) is 52.0 Å². The number of ether oxygens (including phenoxy) is 2. The van der Waals surface area contributed by atoms with Crippen LogP contribution < -0.4 is 9.47 Å². The van der Waals surface area contributed by atoms with Gasteiger partial charge in [-0.1, -0.05) is 39.3 Å². The third kappa shape index (κ3) is 4.68. The molecule has 0 spiro atoms. The highest BCUT2D eigenvalue weighted by Crippen LogP contribution is 2.33. The average Bonchev–Trinajstić information content (AvgIpc) is 2.47. The van der Waals surface area contributed by atoms with Crippen LogP contribution in [-0.4, -0.2) is 11.9 Å². The fraction of sp³-hybridized carbons (Fsp3) is 0.500. The largest absolute Gasteiger partial charge is 0.423 e. The maximum atomic E-state index is 11.6. The van der Waals surface area contributed by atoms with Gasteiger partial charge in [-0.3, -0.25) is 9.59 Å². The minimum atomic E-state index is -0.341. The standard InChI is InChI=1S/C16H22O4/c1-4-7-9-12-10-8-11-13(19-14(17)5-2)16(12)20-15(18)6-3/h8,10-11H,4-7,9H2,1-3H3. The first-order valence-corrected chi connectivity index (χ1v) is 7.15. The zero-order valence-electron chi connectivity index (χ0n) is 12.4. The van der Waals surface area contributed by atoms with E-state index < -0.39 is 0 Å². The molecule has 0 fully saturated rings. The third-order valence-corrected chi connectivity index (χ3v) is 2.88. The SMILES string of the molecule is CCCCc1cccc(OC(=O)CC)c1OC(=O)CC. The molecule has 0 atom stereocenters. The molecule has 0 aromatic heterocycles. The van der Waals surface area contributed by atoms with Gasteiger partial charge in [0, 0.05) is 12.8 Å². The van der Waals surface area contributed by atoms with Crippen molar-refractivity contribution in [3.05, 3.63) is 23.8 Å². The Morgan fingerprint density at radius 2 is 1.65 bits per heavy atom. The monoisotopic (exact) mass is 278 g/mol. The third-order valence-electron chi connectivity index (χ3n) is 2.88. The lowest BCUT2D eigenvalue weighted by atomic mass is 10.1. The van der Waals surface area contributed by atoms with Crippen molar-refractivity contribution >= 4 is 11.9 Å². The number of carbonyl (C=O) groups excluding carboxylic acids is 2. The number of hydrogen-bond donors (Lipinski definition) is 0. The molecule has 20 heavy (non-hydrogen) atoms. The number of hydrogen-bond acceptors (Lipinski definition) is 4. The van der Waals surface area contributed by atoms with Gasteiger partial charge in [0.1, 0.15) is 0 Å². The van der Waals surface area contributed by atoms with Gasteiger partial charge in [0.2, 0.25) is 0 Å². The number of aryl methyl sites for hydroxylation is 1. The molecule has 110 valence electrons. The first-order chi connectivity index (χ1) is 9.62. The maximum absolute atomic E-state index is 11.6. The molecule has 0 aliphatic carbocycles. The van der Waals surface area contributed by atoms with Crippen LogP contribution in [0.3, 0.4) is 0 Å².